The second kappa shape index (κ2) is 4.57. The van der Waals surface area contributed by atoms with Crippen LogP contribution in [0.25, 0.3) is 0 Å². The molecule has 0 unspecified atom stereocenters. The monoisotopic (exact) mass is 260 g/mol. The summed E-state index contributed by atoms with van der Waals surface area (Å²) in [6, 6.07) is 8.59. The molecule has 19 heavy (non-hydrogen) atoms. The van der Waals surface area contributed by atoms with E-state index in [9.17, 15) is 4.39 Å². The fourth-order valence-corrected chi connectivity index (χ4v) is 2.59. The van der Waals surface area contributed by atoms with Gasteiger partial charge >= 0.3 is 0 Å². The standard InChI is InChI=1S/C14H17FN4/c1-18-14(16)8-13(17-18)10-6-7-19(9-10)12-4-2-11(15)3-5-12/h2-5,8,10H,6-7,9,16H2,1H3/t10-/m0/s1. The van der Waals surface area contributed by atoms with Crippen LogP contribution in [-0.2, 0) is 7.05 Å². The second-order valence-corrected chi connectivity index (χ2v) is 5.03. The van der Waals surface area contributed by atoms with Crippen molar-refractivity contribution >= 4 is 11.5 Å². The summed E-state index contributed by atoms with van der Waals surface area (Å²) in [5, 5.41) is 4.44. The minimum Gasteiger partial charge on any atom is -0.384 e. The van der Waals surface area contributed by atoms with Gasteiger partial charge in [0.2, 0.25) is 0 Å². The lowest BCUT2D eigenvalue weighted by Gasteiger charge is -2.18. The summed E-state index contributed by atoms with van der Waals surface area (Å²) in [6.45, 7) is 1.87. The SMILES string of the molecule is Cn1nc([C@H]2CCN(c3ccc(F)cc3)C2)cc1N. The van der Waals surface area contributed by atoms with Crippen molar-refractivity contribution in [2.45, 2.75) is 12.3 Å². The third-order valence-corrected chi connectivity index (χ3v) is 3.73. The van der Waals surface area contributed by atoms with E-state index in [-0.39, 0.29) is 5.82 Å². The molecule has 0 spiro atoms. The summed E-state index contributed by atoms with van der Waals surface area (Å²) in [5.74, 6) is 0.890. The predicted octanol–water partition coefficient (Wildman–Crippen LogP) is 2.14. The van der Waals surface area contributed by atoms with E-state index in [0.717, 1.165) is 30.9 Å². The van der Waals surface area contributed by atoms with E-state index in [1.54, 1.807) is 4.68 Å². The van der Waals surface area contributed by atoms with Gasteiger partial charge in [-0.25, -0.2) is 4.39 Å². The molecular weight excluding hydrogens is 243 g/mol. The molecule has 1 saturated heterocycles. The number of benzene rings is 1. The van der Waals surface area contributed by atoms with Gasteiger partial charge in [-0.1, -0.05) is 0 Å². The molecule has 1 atom stereocenters. The van der Waals surface area contributed by atoms with Gasteiger partial charge in [-0.05, 0) is 30.7 Å². The average molecular weight is 260 g/mol. The van der Waals surface area contributed by atoms with E-state index in [4.69, 9.17) is 5.73 Å². The van der Waals surface area contributed by atoms with Crippen LogP contribution in [0, 0.1) is 5.82 Å². The number of rotatable bonds is 2. The molecule has 1 aliphatic rings. The molecule has 1 fully saturated rings. The Morgan fingerprint density at radius 2 is 2.05 bits per heavy atom. The molecule has 100 valence electrons. The number of hydrogen-bond acceptors (Lipinski definition) is 3. The molecular formula is C14H17FN4. The number of aryl methyl sites for hydroxylation is 1. The van der Waals surface area contributed by atoms with E-state index in [2.05, 4.69) is 10.00 Å². The maximum atomic E-state index is 12.9. The molecule has 2 aromatic rings. The Morgan fingerprint density at radius 3 is 2.68 bits per heavy atom. The minimum absolute atomic E-state index is 0.197. The summed E-state index contributed by atoms with van der Waals surface area (Å²) in [4.78, 5) is 2.26. The van der Waals surface area contributed by atoms with Crippen molar-refractivity contribution in [1.29, 1.82) is 0 Å². The first kappa shape index (κ1) is 12.0. The van der Waals surface area contributed by atoms with Gasteiger partial charge < -0.3 is 10.6 Å². The Bertz CT molecular complexity index is 556. The molecule has 3 rings (SSSR count). The minimum atomic E-state index is -0.197. The quantitative estimate of drug-likeness (QED) is 0.900. The molecule has 2 heterocycles. The number of nitrogens with two attached hydrogens (primary N) is 1. The third-order valence-electron chi connectivity index (χ3n) is 3.73. The van der Waals surface area contributed by atoms with Gasteiger partial charge in [0.05, 0.1) is 5.69 Å². The Morgan fingerprint density at radius 1 is 1.32 bits per heavy atom. The normalized spacial score (nSPS) is 19.1. The van der Waals surface area contributed by atoms with Crippen molar-refractivity contribution in [2.75, 3.05) is 23.7 Å². The van der Waals surface area contributed by atoms with Gasteiger partial charge in [0.15, 0.2) is 0 Å². The zero-order valence-corrected chi connectivity index (χ0v) is 10.9. The van der Waals surface area contributed by atoms with Crippen molar-refractivity contribution in [3.63, 3.8) is 0 Å². The van der Waals surface area contributed by atoms with Crippen LogP contribution in [-0.4, -0.2) is 22.9 Å². The summed E-state index contributed by atoms with van der Waals surface area (Å²) in [6.07, 6.45) is 1.05. The molecule has 4 nitrogen and oxygen atoms in total. The largest absolute Gasteiger partial charge is 0.384 e. The van der Waals surface area contributed by atoms with Gasteiger partial charge in [0.25, 0.3) is 0 Å². The van der Waals surface area contributed by atoms with Gasteiger partial charge in [0, 0.05) is 37.8 Å². The topological polar surface area (TPSA) is 47.1 Å². The van der Waals surface area contributed by atoms with Crippen LogP contribution in [0.3, 0.4) is 0 Å². The lowest BCUT2D eigenvalue weighted by molar-refractivity contribution is 0.627. The molecule has 0 bridgehead atoms. The molecule has 5 heteroatoms. The van der Waals surface area contributed by atoms with Crippen LogP contribution in [0.1, 0.15) is 18.0 Å². The molecule has 1 aliphatic heterocycles. The second-order valence-electron chi connectivity index (χ2n) is 5.03. The fourth-order valence-electron chi connectivity index (χ4n) is 2.59. The Labute approximate surface area is 111 Å². The molecule has 1 aromatic carbocycles. The Kier molecular flexibility index (Phi) is 2.89. The van der Waals surface area contributed by atoms with Crippen molar-refractivity contribution < 1.29 is 4.39 Å². The zero-order valence-electron chi connectivity index (χ0n) is 10.9. The summed E-state index contributed by atoms with van der Waals surface area (Å²) < 4.78 is 14.6. The highest BCUT2D eigenvalue weighted by Gasteiger charge is 2.26. The van der Waals surface area contributed by atoms with Gasteiger partial charge in [-0.2, -0.15) is 5.10 Å². The van der Waals surface area contributed by atoms with Crippen LogP contribution in [0.15, 0.2) is 30.3 Å². The number of halogens is 1. The van der Waals surface area contributed by atoms with E-state index < -0.39 is 0 Å². The maximum Gasteiger partial charge on any atom is 0.123 e. The predicted molar refractivity (Wildman–Crippen MR) is 73.6 cm³/mol. The fraction of sp³-hybridized carbons (Fsp3) is 0.357. The molecule has 2 N–H and O–H groups in total. The van der Waals surface area contributed by atoms with Gasteiger partial charge in [-0.15, -0.1) is 0 Å². The summed E-state index contributed by atoms with van der Waals surface area (Å²) >= 11 is 0. The maximum absolute atomic E-state index is 12.9. The third kappa shape index (κ3) is 2.28. The van der Waals surface area contributed by atoms with Crippen LogP contribution >= 0.6 is 0 Å². The van der Waals surface area contributed by atoms with Crippen LogP contribution in [0.5, 0.6) is 0 Å². The summed E-state index contributed by atoms with van der Waals surface area (Å²) in [5.41, 5.74) is 7.92. The Hall–Kier alpha value is -2.04. The van der Waals surface area contributed by atoms with Crippen molar-refractivity contribution in [2.24, 2.45) is 7.05 Å². The number of nitrogen functional groups attached to an aromatic ring is 1. The first-order valence-electron chi connectivity index (χ1n) is 6.43. The first-order valence-corrected chi connectivity index (χ1v) is 6.43. The molecule has 0 saturated carbocycles. The average Bonchev–Trinajstić information content (AvgIpc) is 2.99. The number of hydrogen-bond donors (Lipinski definition) is 1. The number of aromatic nitrogens is 2. The lowest BCUT2D eigenvalue weighted by Crippen LogP contribution is -2.19. The first-order chi connectivity index (χ1) is 9.13. The van der Waals surface area contributed by atoms with Gasteiger partial charge in [-0.3, -0.25) is 4.68 Å². The summed E-state index contributed by atoms with van der Waals surface area (Å²) in [7, 11) is 1.85. The van der Waals surface area contributed by atoms with E-state index in [0.29, 0.717) is 11.7 Å². The highest BCUT2D eigenvalue weighted by Crippen LogP contribution is 2.30. The van der Waals surface area contributed by atoms with Crippen LogP contribution < -0.4 is 10.6 Å². The van der Waals surface area contributed by atoms with E-state index in [1.165, 1.54) is 12.1 Å². The highest BCUT2D eigenvalue weighted by molar-refractivity contribution is 5.48. The van der Waals surface area contributed by atoms with Gasteiger partial charge in [0.1, 0.15) is 11.6 Å². The lowest BCUT2D eigenvalue weighted by atomic mass is 10.1. The van der Waals surface area contributed by atoms with Crippen molar-refractivity contribution in [3.05, 3.63) is 41.8 Å². The van der Waals surface area contributed by atoms with Crippen LogP contribution in [0.4, 0.5) is 15.9 Å². The highest BCUT2D eigenvalue weighted by atomic mass is 19.1. The molecule has 1 aromatic heterocycles. The van der Waals surface area contributed by atoms with E-state index >= 15 is 0 Å². The smallest absolute Gasteiger partial charge is 0.123 e. The molecule has 0 amide bonds. The Balaban J connectivity index is 1.75. The molecule has 0 aliphatic carbocycles. The van der Waals surface area contributed by atoms with Crippen LogP contribution in [0.2, 0.25) is 0 Å². The molecule has 0 radical (unpaired) electrons. The zero-order chi connectivity index (χ0) is 13.4. The number of nitrogens with zero attached hydrogens (tertiary/aromatic N) is 3. The van der Waals surface area contributed by atoms with Crippen molar-refractivity contribution in [3.8, 4) is 0 Å². The number of anilines is 2. The van der Waals surface area contributed by atoms with E-state index in [1.807, 2.05) is 25.2 Å². The van der Waals surface area contributed by atoms with Crippen molar-refractivity contribution in [1.82, 2.24) is 9.78 Å².